The van der Waals surface area contributed by atoms with Gasteiger partial charge in [0.2, 0.25) is 0 Å². The fourth-order valence-corrected chi connectivity index (χ4v) is 6.10. The summed E-state index contributed by atoms with van der Waals surface area (Å²) in [4.78, 5) is 15.0. The summed E-state index contributed by atoms with van der Waals surface area (Å²) in [6.07, 6.45) is -0.451. The number of nitrogens with one attached hydrogen (secondary N) is 1. The van der Waals surface area contributed by atoms with Crippen LogP contribution in [0.25, 0.3) is 0 Å². The van der Waals surface area contributed by atoms with Crippen LogP contribution in [0.1, 0.15) is 83.5 Å². The van der Waals surface area contributed by atoms with Gasteiger partial charge in [0.05, 0.1) is 17.5 Å². The van der Waals surface area contributed by atoms with Crippen molar-refractivity contribution in [2.75, 3.05) is 4.90 Å². The number of hydrogen-bond donors (Lipinski definition) is 1. The number of amides is 1. The largest absolute Gasteiger partial charge is 0.416 e. The third kappa shape index (κ3) is 4.00. The summed E-state index contributed by atoms with van der Waals surface area (Å²) in [5.74, 6) is 0.154. The van der Waals surface area contributed by atoms with Crippen LogP contribution < -0.4 is 10.2 Å². The first-order chi connectivity index (χ1) is 18.1. The number of fused-ring (bicyclic) bond motifs is 1. The van der Waals surface area contributed by atoms with Crippen LogP contribution in [-0.2, 0) is 25.2 Å². The fraction of sp³-hybridized carbons (Fsp3) is 0.464. The molecule has 200 valence electrons. The minimum atomic E-state index is -4.59. The Morgan fingerprint density at radius 2 is 1.92 bits per heavy atom. The zero-order valence-electron chi connectivity index (χ0n) is 21.2. The van der Waals surface area contributed by atoms with E-state index in [4.69, 9.17) is 0 Å². The van der Waals surface area contributed by atoms with Gasteiger partial charge in [-0.1, -0.05) is 18.6 Å². The average Bonchev–Trinajstić information content (AvgIpc) is 3.41. The number of anilines is 1. The summed E-state index contributed by atoms with van der Waals surface area (Å²) in [5.41, 5.74) is 0.289. The van der Waals surface area contributed by atoms with Crippen LogP contribution in [0.3, 0.4) is 0 Å². The Hall–Kier alpha value is -3.27. The number of hydrogen-bond acceptors (Lipinski definition) is 4. The van der Waals surface area contributed by atoms with Crippen LogP contribution in [-0.4, -0.2) is 32.9 Å². The van der Waals surface area contributed by atoms with Gasteiger partial charge in [0.1, 0.15) is 18.3 Å². The minimum absolute atomic E-state index is 0.0111. The molecule has 1 N–H and O–H groups in total. The van der Waals surface area contributed by atoms with Gasteiger partial charge in [-0.2, -0.15) is 13.2 Å². The van der Waals surface area contributed by atoms with E-state index in [0.717, 1.165) is 24.8 Å². The van der Waals surface area contributed by atoms with Crippen molar-refractivity contribution in [2.24, 2.45) is 7.05 Å². The molecule has 38 heavy (non-hydrogen) atoms. The average molecular weight is 528 g/mol. The van der Waals surface area contributed by atoms with Crippen molar-refractivity contribution in [1.82, 2.24) is 20.1 Å². The van der Waals surface area contributed by atoms with Crippen molar-refractivity contribution in [1.29, 1.82) is 0 Å². The van der Waals surface area contributed by atoms with Crippen molar-refractivity contribution in [3.8, 4) is 0 Å². The fourth-order valence-electron chi connectivity index (χ4n) is 6.10. The Labute approximate surface area is 218 Å². The molecule has 0 bridgehead atoms. The summed E-state index contributed by atoms with van der Waals surface area (Å²) in [7, 11) is 1.80. The van der Waals surface area contributed by atoms with Gasteiger partial charge in [-0.25, -0.2) is 4.39 Å². The third-order valence-corrected chi connectivity index (χ3v) is 8.45. The number of nitrogens with zero attached hydrogens (tertiary/aromatic N) is 4. The smallest absolute Gasteiger partial charge is 0.320 e. The van der Waals surface area contributed by atoms with Crippen LogP contribution in [0.15, 0.2) is 42.7 Å². The van der Waals surface area contributed by atoms with Gasteiger partial charge in [-0.15, -0.1) is 10.2 Å². The van der Waals surface area contributed by atoms with Crippen LogP contribution in [0, 0.1) is 0 Å². The molecule has 2 aromatic carbocycles. The summed E-state index contributed by atoms with van der Waals surface area (Å²) in [5, 5.41) is 11.6. The summed E-state index contributed by atoms with van der Waals surface area (Å²) < 4.78 is 58.5. The van der Waals surface area contributed by atoms with Gasteiger partial charge in [-0.05, 0) is 73.6 Å². The second-order valence-electron chi connectivity index (χ2n) is 10.9. The lowest BCUT2D eigenvalue weighted by Crippen LogP contribution is -2.45. The monoisotopic (exact) mass is 527 g/mol. The van der Waals surface area contributed by atoms with Crippen molar-refractivity contribution >= 4 is 11.6 Å². The van der Waals surface area contributed by atoms with E-state index in [9.17, 15) is 22.4 Å². The normalized spacial score (nSPS) is 24.2. The van der Waals surface area contributed by atoms with Crippen molar-refractivity contribution in [2.45, 2.75) is 75.4 Å². The highest BCUT2D eigenvalue weighted by molar-refractivity contribution is 6.10. The first kappa shape index (κ1) is 25.0. The van der Waals surface area contributed by atoms with Gasteiger partial charge >= 0.3 is 6.18 Å². The molecule has 2 fully saturated rings. The molecule has 0 radical (unpaired) electrons. The maximum absolute atomic E-state index is 14.2. The number of aryl methyl sites for hydroxylation is 1. The van der Waals surface area contributed by atoms with E-state index in [1.807, 2.05) is 13.0 Å². The molecule has 3 aromatic rings. The molecular formula is C28H29F4N5O. The SMILES string of the molecule is C[C@@H](NC1CCC1)c1cc2c(c(C(F)(F)F)c1)CN(c1cccc(C3(c4nncn4C)CC(F)C3)c1)C2=O. The van der Waals surface area contributed by atoms with Gasteiger partial charge in [-0.3, -0.25) is 4.79 Å². The molecule has 3 aliphatic rings. The Morgan fingerprint density at radius 3 is 2.53 bits per heavy atom. The zero-order chi connectivity index (χ0) is 26.8. The Kier molecular flexibility index (Phi) is 5.86. The minimum Gasteiger partial charge on any atom is -0.320 e. The Balaban J connectivity index is 1.36. The Morgan fingerprint density at radius 1 is 1.16 bits per heavy atom. The Bertz CT molecular complexity index is 1390. The maximum atomic E-state index is 14.2. The van der Waals surface area contributed by atoms with Crippen LogP contribution in [0.5, 0.6) is 0 Å². The molecule has 1 amide bonds. The standard InChI is InChI=1S/C28H29F4N5O/c1-16(34-20-6-4-7-20)17-9-22-23(24(10-17)28(30,31)32)14-37(25(22)38)21-8-3-5-18(11-21)27(12-19(29)13-27)26-35-33-15-36(26)2/h3,5,8-11,15-16,19-20,34H,4,6-7,12-14H2,1-2H3/t16-,19?,27?/m1/s1. The van der Waals surface area contributed by atoms with Crippen molar-refractivity contribution in [3.63, 3.8) is 0 Å². The molecule has 1 aromatic heterocycles. The van der Waals surface area contributed by atoms with Crippen LogP contribution in [0.2, 0.25) is 0 Å². The van der Waals surface area contributed by atoms with Crippen LogP contribution in [0.4, 0.5) is 23.2 Å². The second kappa shape index (κ2) is 8.90. The molecule has 10 heteroatoms. The van der Waals surface area contributed by atoms with Gasteiger partial charge in [0.15, 0.2) is 0 Å². The molecule has 1 atom stereocenters. The predicted octanol–water partition coefficient (Wildman–Crippen LogP) is 5.62. The van der Waals surface area contributed by atoms with E-state index in [2.05, 4.69) is 15.5 Å². The third-order valence-electron chi connectivity index (χ3n) is 8.45. The molecule has 0 spiro atoms. The first-order valence-electron chi connectivity index (χ1n) is 13.0. The quantitative estimate of drug-likeness (QED) is 0.423. The number of alkyl halides is 4. The van der Waals surface area contributed by atoms with E-state index < -0.39 is 29.2 Å². The predicted molar refractivity (Wildman–Crippen MR) is 134 cm³/mol. The molecule has 2 heterocycles. The number of halogens is 4. The highest BCUT2D eigenvalue weighted by Crippen LogP contribution is 2.50. The molecule has 0 saturated heterocycles. The summed E-state index contributed by atoms with van der Waals surface area (Å²) >= 11 is 0. The molecule has 2 saturated carbocycles. The van der Waals surface area contributed by atoms with Crippen molar-refractivity contribution < 1.29 is 22.4 Å². The zero-order valence-corrected chi connectivity index (χ0v) is 21.2. The number of rotatable bonds is 6. The lowest BCUT2D eigenvalue weighted by Gasteiger charge is -2.43. The molecule has 6 rings (SSSR count). The summed E-state index contributed by atoms with van der Waals surface area (Å²) in [6, 6.07) is 9.86. The van der Waals surface area contributed by atoms with E-state index in [0.29, 0.717) is 23.1 Å². The molecule has 0 unspecified atom stereocenters. The lowest BCUT2D eigenvalue weighted by molar-refractivity contribution is -0.138. The second-order valence-corrected chi connectivity index (χ2v) is 10.9. The highest BCUT2D eigenvalue weighted by Gasteiger charge is 2.51. The van der Waals surface area contributed by atoms with Gasteiger partial charge in [0, 0.05) is 30.4 Å². The van der Waals surface area contributed by atoms with Gasteiger partial charge < -0.3 is 14.8 Å². The molecule has 1 aliphatic heterocycles. The maximum Gasteiger partial charge on any atom is 0.416 e. The van der Waals surface area contributed by atoms with Crippen LogP contribution >= 0.6 is 0 Å². The van der Waals surface area contributed by atoms with Gasteiger partial charge in [0.25, 0.3) is 5.91 Å². The van der Waals surface area contributed by atoms with E-state index in [-0.39, 0.29) is 36.6 Å². The number of benzene rings is 2. The van der Waals surface area contributed by atoms with Crippen molar-refractivity contribution in [3.05, 3.63) is 76.4 Å². The molecule has 6 nitrogen and oxygen atoms in total. The number of carbonyl (C=O) groups is 1. The topological polar surface area (TPSA) is 63.0 Å². The van der Waals surface area contributed by atoms with E-state index >= 15 is 0 Å². The highest BCUT2D eigenvalue weighted by atomic mass is 19.4. The molecule has 2 aliphatic carbocycles. The van der Waals surface area contributed by atoms with E-state index in [1.54, 1.807) is 42.2 Å². The number of aromatic nitrogens is 3. The first-order valence-corrected chi connectivity index (χ1v) is 13.0. The number of carbonyl (C=O) groups excluding carboxylic acids is 1. The summed E-state index contributed by atoms with van der Waals surface area (Å²) in [6.45, 7) is 1.66. The molecular weight excluding hydrogens is 498 g/mol. The lowest BCUT2D eigenvalue weighted by atomic mass is 9.62. The van der Waals surface area contributed by atoms with E-state index in [1.165, 1.54) is 11.0 Å².